The van der Waals surface area contributed by atoms with E-state index in [0.29, 0.717) is 12.7 Å². The first-order chi connectivity index (χ1) is 8.79. The van der Waals surface area contributed by atoms with Crippen molar-refractivity contribution in [1.29, 1.82) is 0 Å². The average Bonchev–Trinajstić information content (AvgIpc) is 2.40. The largest absolute Gasteiger partial charge is 0.490 e. The zero-order valence-corrected chi connectivity index (χ0v) is 11.0. The second-order valence-electron chi connectivity index (χ2n) is 4.85. The van der Waals surface area contributed by atoms with Gasteiger partial charge in [0.1, 0.15) is 11.9 Å². The quantitative estimate of drug-likeness (QED) is 0.806. The Morgan fingerprint density at radius 3 is 2.72 bits per heavy atom. The van der Waals surface area contributed by atoms with Crippen LogP contribution in [0.1, 0.15) is 18.4 Å². The zero-order chi connectivity index (χ0) is 12.8. The highest BCUT2D eigenvalue weighted by molar-refractivity contribution is 5.33. The van der Waals surface area contributed by atoms with Crippen LogP contribution in [0.2, 0.25) is 0 Å². The van der Waals surface area contributed by atoms with E-state index in [9.17, 15) is 0 Å². The van der Waals surface area contributed by atoms with Crippen molar-refractivity contribution in [3.05, 3.63) is 29.8 Å². The molecular weight excluding hydrogens is 228 g/mol. The lowest BCUT2D eigenvalue weighted by molar-refractivity contribution is 0.111. The number of para-hydroxylation sites is 1. The lowest BCUT2D eigenvalue weighted by atomic mass is 10.1. The summed E-state index contributed by atoms with van der Waals surface area (Å²) in [5, 5.41) is 0. The molecule has 2 rings (SSSR count). The number of rotatable bonds is 5. The van der Waals surface area contributed by atoms with Crippen molar-refractivity contribution in [2.75, 3.05) is 26.7 Å². The van der Waals surface area contributed by atoms with Gasteiger partial charge in [-0.15, -0.1) is 0 Å². The lowest BCUT2D eigenvalue weighted by Gasteiger charge is -2.29. The molecule has 1 aliphatic rings. The minimum Gasteiger partial charge on any atom is -0.490 e. The molecule has 1 aromatic carbocycles. The predicted molar refractivity (Wildman–Crippen MR) is 71.4 cm³/mol. The van der Waals surface area contributed by atoms with Gasteiger partial charge in [0.25, 0.3) is 0 Å². The molecule has 1 aliphatic heterocycles. The Labute approximate surface area is 109 Å². The number of piperidine rings is 1. The summed E-state index contributed by atoms with van der Waals surface area (Å²) in [6.45, 7) is 2.74. The number of benzene rings is 1. The van der Waals surface area contributed by atoms with E-state index in [4.69, 9.17) is 10.6 Å². The molecule has 0 aromatic heterocycles. The summed E-state index contributed by atoms with van der Waals surface area (Å²) in [5.41, 5.74) is 1.17. The monoisotopic (exact) mass is 250 g/mol. The average molecular weight is 250 g/mol. The summed E-state index contributed by atoms with van der Waals surface area (Å²) in [6, 6.07) is 8.14. The second-order valence-corrected chi connectivity index (χ2v) is 4.85. The number of nitrogens with two attached hydrogens (primary N) is 1. The Hall–Kier alpha value is -1.10. The molecule has 1 aromatic rings. The maximum atomic E-state index is 6.11. The standard InChI is InChI=1S/C14H22N2O2/c1-16-9-6-13(7-10-16)18-14-5-3-2-4-12(14)8-11-17-15/h2-5,13H,6-11,15H2,1H3. The summed E-state index contributed by atoms with van der Waals surface area (Å²) >= 11 is 0. The van der Waals surface area contributed by atoms with Gasteiger partial charge >= 0.3 is 0 Å². The fraction of sp³-hybridized carbons (Fsp3) is 0.571. The fourth-order valence-electron chi connectivity index (χ4n) is 2.28. The van der Waals surface area contributed by atoms with Crippen LogP contribution in [0, 0.1) is 0 Å². The molecule has 0 aliphatic carbocycles. The highest BCUT2D eigenvalue weighted by Crippen LogP contribution is 2.23. The molecule has 1 fully saturated rings. The molecule has 2 N–H and O–H groups in total. The van der Waals surface area contributed by atoms with Crippen LogP contribution in [0.4, 0.5) is 0 Å². The Balaban J connectivity index is 1.95. The molecule has 4 nitrogen and oxygen atoms in total. The van der Waals surface area contributed by atoms with Crippen molar-refractivity contribution in [2.45, 2.75) is 25.4 Å². The molecule has 18 heavy (non-hydrogen) atoms. The van der Waals surface area contributed by atoms with Gasteiger partial charge < -0.3 is 14.5 Å². The Morgan fingerprint density at radius 1 is 1.28 bits per heavy atom. The fourth-order valence-corrected chi connectivity index (χ4v) is 2.28. The number of hydrogen-bond acceptors (Lipinski definition) is 4. The van der Waals surface area contributed by atoms with Gasteiger partial charge in [0.15, 0.2) is 0 Å². The summed E-state index contributed by atoms with van der Waals surface area (Å²) < 4.78 is 6.11. The van der Waals surface area contributed by atoms with Crippen LogP contribution < -0.4 is 10.6 Å². The number of likely N-dealkylation sites (tertiary alicyclic amines) is 1. The van der Waals surface area contributed by atoms with Crippen LogP contribution in [-0.4, -0.2) is 37.7 Å². The van der Waals surface area contributed by atoms with Gasteiger partial charge in [0.2, 0.25) is 0 Å². The Morgan fingerprint density at radius 2 is 2.00 bits per heavy atom. The minimum absolute atomic E-state index is 0.334. The van der Waals surface area contributed by atoms with Crippen molar-refractivity contribution in [3.8, 4) is 5.75 Å². The molecule has 0 bridgehead atoms. The maximum absolute atomic E-state index is 6.11. The third kappa shape index (κ3) is 3.70. The van der Waals surface area contributed by atoms with E-state index < -0.39 is 0 Å². The molecule has 0 amide bonds. The highest BCUT2D eigenvalue weighted by Gasteiger charge is 2.18. The van der Waals surface area contributed by atoms with Crippen molar-refractivity contribution >= 4 is 0 Å². The third-order valence-electron chi connectivity index (χ3n) is 3.42. The van der Waals surface area contributed by atoms with E-state index in [2.05, 4.69) is 22.9 Å². The first kappa shape index (κ1) is 13.3. The number of ether oxygens (including phenoxy) is 1. The van der Waals surface area contributed by atoms with Gasteiger partial charge in [-0.1, -0.05) is 18.2 Å². The molecule has 4 heteroatoms. The summed E-state index contributed by atoms with van der Waals surface area (Å²) in [7, 11) is 2.16. The molecule has 1 heterocycles. The second kappa shape index (κ2) is 6.73. The van der Waals surface area contributed by atoms with Gasteiger partial charge in [-0.25, -0.2) is 5.90 Å². The molecule has 1 saturated heterocycles. The van der Waals surface area contributed by atoms with Crippen molar-refractivity contribution in [1.82, 2.24) is 4.90 Å². The third-order valence-corrected chi connectivity index (χ3v) is 3.42. The van der Waals surface area contributed by atoms with E-state index in [0.717, 1.165) is 38.1 Å². The van der Waals surface area contributed by atoms with Gasteiger partial charge in [-0.05, 0) is 31.5 Å². The minimum atomic E-state index is 0.334. The van der Waals surface area contributed by atoms with Crippen molar-refractivity contribution in [3.63, 3.8) is 0 Å². The number of nitrogens with zero attached hydrogens (tertiary/aromatic N) is 1. The lowest BCUT2D eigenvalue weighted by Crippen LogP contribution is -2.35. The maximum Gasteiger partial charge on any atom is 0.122 e. The van der Waals surface area contributed by atoms with E-state index in [1.807, 2.05) is 18.2 Å². The summed E-state index contributed by atoms with van der Waals surface area (Å²) in [6.07, 6.45) is 3.32. The molecule has 0 atom stereocenters. The molecule has 0 spiro atoms. The summed E-state index contributed by atoms with van der Waals surface area (Å²) in [4.78, 5) is 6.98. The molecule has 100 valence electrons. The normalized spacial score (nSPS) is 17.9. The van der Waals surface area contributed by atoms with Crippen LogP contribution in [0.15, 0.2) is 24.3 Å². The Bertz CT molecular complexity index is 363. The van der Waals surface area contributed by atoms with Crippen LogP contribution in [-0.2, 0) is 11.3 Å². The van der Waals surface area contributed by atoms with Crippen molar-refractivity contribution in [2.24, 2.45) is 5.90 Å². The van der Waals surface area contributed by atoms with E-state index in [1.54, 1.807) is 0 Å². The zero-order valence-electron chi connectivity index (χ0n) is 11.0. The van der Waals surface area contributed by atoms with E-state index >= 15 is 0 Å². The Kier molecular flexibility index (Phi) is 4.99. The van der Waals surface area contributed by atoms with E-state index in [1.165, 1.54) is 5.56 Å². The SMILES string of the molecule is CN1CCC(Oc2ccccc2CCON)CC1. The summed E-state index contributed by atoms with van der Waals surface area (Å²) in [5.74, 6) is 6.06. The van der Waals surface area contributed by atoms with Crippen LogP contribution in [0.3, 0.4) is 0 Å². The van der Waals surface area contributed by atoms with Gasteiger partial charge in [-0.3, -0.25) is 0 Å². The number of hydrogen-bond donors (Lipinski definition) is 1. The van der Waals surface area contributed by atoms with Crippen LogP contribution >= 0.6 is 0 Å². The topological polar surface area (TPSA) is 47.7 Å². The smallest absolute Gasteiger partial charge is 0.122 e. The van der Waals surface area contributed by atoms with Gasteiger partial charge in [0, 0.05) is 19.5 Å². The molecular formula is C14H22N2O2. The van der Waals surface area contributed by atoms with E-state index in [-0.39, 0.29) is 0 Å². The van der Waals surface area contributed by atoms with Gasteiger partial charge in [0.05, 0.1) is 6.61 Å². The first-order valence-electron chi connectivity index (χ1n) is 6.54. The van der Waals surface area contributed by atoms with Crippen molar-refractivity contribution < 1.29 is 9.57 Å². The molecule has 0 radical (unpaired) electrons. The molecule has 0 unspecified atom stereocenters. The highest BCUT2D eigenvalue weighted by atomic mass is 16.6. The van der Waals surface area contributed by atoms with Gasteiger partial charge in [-0.2, -0.15) is 0 Å². The molecule has 0 saturated carbocycles. The van der Waals surface area contributed by atoms with Crippen LogP contribution in [0.25, 0.3) is 0 Å². The first-order valence-corrected chi connectivity index (χ1v) is 6.54. The predicted octanol–water partition coefficient (Wildman–Crippen LogP) is 1.59. The van der Waals surface area contributed by atoms with Crippen LogP contribution in [0.5, 0.6) is 5.75 Å².